The molecule has 21 nitrogen and oxygen atoms in total. The summed E-state index contributed by atoms with van der Waals surface area (Å²) in [4.78, 5) is 78.0. The van der Waals surface area contributed by atoms with Crippen molar-refractivity contribution >= 4 is 35.2 Å². The number of likely N-dealkylation sites (N-methyl/N-ethyl adjacent to an activating group) is 1. The zero-order chi connectivity index (χ0) is 64.4. The van der Waals surface area contributed by atoms with Gasteiger partial charge >= 0.3 is 0 Å². The maximum absolute atomic E-state index is 14.7. The number of nitrogens with zero attached hydrogens (tertiary/aromatic N) is 4. The quantitative estimate of drug-likeness (QED) is 0.0166. The van der Waals surface area contributed by atoms with Crippen molar-refractivity contribution in [3.05, 3.63) is 125 Å². The number of ketones is 1. The van der Waals surface area contributed by atoms with E-state index in [2.05, 4.69) is 48.2 Å². The summed E-state index contributed by atoms with van der Waals surface area (Å²) in [6, 6.07) is 22.8. The molecule has 2 fully saturated rings. The molecule has 0 spiro atoms. The fourth-order valence-electron chi connectivity index (χ4n) is 12.1. The Kier molecular flexibility index (Phi) is 27.7. The Morgan fingerprint density at radius 3 is 2.08 bits per heavy atom. The first kappa shape index (κ1) is 69.7. The highest BCUT2D eigenvalue weighted by molar-refractivity contribution is 6.06. The summed E-state index contributed by atoms with van der Waals surface area (Å²) in [5, 5.41) is 22.2. The molecular formula is C70H98N8O13. The van der Waals surface area contributed by atoms with Crippen LogP contribution in [-0.4, -0.2) is 185 Å². The second-order valence-electron chi connectivity index (χ2n) is 25.0. The molecule has 2 saturated heterocycles. The number of rotatable bonds is 39. The largest absolute Gasteiger partial charge is 0.507 e. The molecule has 0 unspecified atom stereocenters. The Balaban J connectivity index is 0.590. The number of hydrogen-bond donors (Lipinski definition) is 5. The second kappa shape index (κ2) is 36.2. The minimum absolute atomic E-state index is 0.00788. The highest BCUT2D eigenvalue weighted by Crippen LogP contribution is 2.36. The van der Waals surface area contributed by atoms with Gasteiger partial charge in [0.2, 0.25) is 23.6 Å². The van der Waals surface area contributed by atoms with Crippen molar-refractivity contribution in [3.63, 3.8) is 0 Å². The first-order chi connectivity index (χ1) is 44.2. The van der Waals surface area contributed by atoms with Gasteiger partial charge in [-0.05, 0) is 110 Å². The molecule has 21 heteroatoms. The van der Waals surface area contributed by atoms with Crippen LogP contribution >= 0.6 is 0 Å². The number of hydrogen-bond acceptors (Lipinski definition) is 17. The maximum Gasteiger partial charge on any atom is 0.246 e. The zero-order valence-electron chi connectivity index (χ0n) is 54.1. The van der Waals surface area contributed by atoms with Gasteiger partial charge in [0.25, 0.3) is 0 Å². The van der Waals surface area contributed by atoms with Crippen molar-refractivity contribution in [1.82, 2.24) is 36.1 Å². The Bertz CT molecular complexity index is 2990. The molecule has 3 aromatic carbocycles. The van der Waals surface area contributed by atoms with E-state index < -0.39 is 23.5 Å². The highest BCUT2D eigenvalue weighted by atomic mass is 16.6. The number of nitrogens with one attached hydrogen (secondary N) is 4. The van der Waals surface area contributed by atoms with Gasteiger partial charge < -0.3 is 74.2 Å². The maximum atomic E-state index is 14.7. The van der Waals surface area contributed by atoms with Gasteiger partial charge in [0.1, 0.15) is 41.8 Å². The number of likely N-dealkylation sites (tertiary alicyclic amines) is 1. The standard InChI is InChI=1S/C70H98N8O13/c1-50(71-5)67(82)75-66(70(2,3)4)69(84)78-47-53-43-56(25-24-52(53)44-61(78)68(83)74-60-21-16-18-51-17-11-12-19-58(51)60)91-42-41-89-40-39-88-38-37-87-36-35-86-34-33-85-32-29-73-65(81)23-10-8-6-7-9-15-31-90-57-26-28-72-64(46-57)77-49-54-45-55(77)48-76(54)30-27-63(80)59-20-13-14-22-62(59)79/h11-14,17,19-20,22,24-28,30,43,46,50,54-55,60-61,66,71,79H,6-10,15-16,18,21,23,29,31-42,44-45,47-49H2,1-5H3,(H,73,81)(H,74,83)(H,75,82)/b30-27+/t50-,54+,55+,60+,61-,66+/m0/s1. The van der Waals surface area contributed by atoms with Crippen LogP contribution in [0.4, 0.5) is 5.82 Å². The third kappa shape index (κ3) is 21.5. The van der Waals surface area contributed by atoms with Gasteiger partial charge in [-0.15, -0.1) is 0 Å². The number of phenols is 1. The molecule has 91 heavy (non-hydrogen) atoms. The Morgan fingerprint density at radius 2 is 1.37 bits per heavy atom. The van der Waals surface area contributed by atoms with E-state index in [1.54, 1.807) is 49.3 Å². The Hall–Kier alpha value is -7.14. The number of carbonyl (C=O) groups is 5. The van der Waals surface area contributed by atoms with Gasteiger partial charge in [0.15, 0.2) is 5.78 Å². The summed E-state index contributed by atoms with van der Waals surface area (Å²) >= 11 is 0. The number of allylic oxidation sites excluding steroid dienone is 1. The summed E-state index contributed by atoms with van der Waals surface area (Å²) in [7, 11) is 1.70. The predicted octanol–water partition coefficient (Wildman–Crippen LogP) is 7.42. The van der Waals surface area contributed by atoms with E-state index in [1.807, 2.05) is 69.4 Å². The van der Waals surface area contributed by atoms with Gasteiger partial charge in [0.05, 0.1) is 90.3 Å². The van der Waals surface area contributed by atoms with Crippen molar-refractivity contribution in [2.24, 2.45) is 5.41 Å². The molecule has 6 atom stereocenters. The minimum Gasteiger partial charge on any atom is -0.507 e. The van der Waals surface area contributed by atoms with Gasteiger partial charge in [0, 0.05) is 75.6 Å². The summed E-state index contributed by atoms with van der Waals surface area (Å²) in [6.07, 6.45) is 15.9. The third-order valence-corrected chi connectivity index (χ3v) is 17.3. The fraction of sp³-hybridized carbons (Fsp3) is 0.571. The van der Waals surface area contributed by atoms with Crippen LogP contribution in [0.1, 0.15) is 131 Å². The van der Waals surface area contributed by atoms with E-state index >= 15 is 0 Å². The second-order valence-corrected chi connectivity index (χ2v) is 25.0. The summed E-state index contributed by atoms with van der Waals surface area (Å²) in [6.45, 7) is 14.9. The zero-order valence-corrected chi connectivity index (χ0v) is 54.1. The van der Waals surface area contributed by atoms with Crippen LogP contribution < -0.4 is 35.6 Å². The van der Waals surface area contributed by atoms with Crippen LogP contribution in [0.15, 0.2) is 97.3 Å². The SMILES string of the molecule is CN[C@@H](C)C(=O)N[C@H](C(=O)N1Cc2cc(OCCOCCOCCOCCOCCOCCNC(=O)CCCCCCCCOc3ccnc(N4C[C@H]5C[C@@H]4CN5/C=C/C(=O)c4ccccc4O)c3)ccc2C[C@H]1C(=O)N[C@@H]1CCCc2ccccc21)C(C)(C)C. The molecular weight excluding hydrogens is 1160 g/mol. The van der Waals surface area contributed by atoms with E-state index in [1.165, 1.54) is 11.6 Å². The first-order valence-corrected chi connectivity index (χ1v) is 32.8. The number of para-hydroxylation sites is 1. The van der Waals surface area contributed by atoms with E-state index in [9.17, 15) is 29.1 Å². The molecule has 3 aliphatic heterocycles. The topological polar surface area (TPSA) is 241 Å². The smallest absolute Gasteiger partial charge is 0.246 e. The van der Waals surface area contributed by atoms with Crippen LogP contribution in [-0.2, 0) is 62.2 Å². The van der Waals surface area contributed by atoms with Crippen molar-refractivity contribution in [3.8, 4) is 17.2 Å². The number of unbranched alkanes of at least 4 members (excludes halogenated alkanes) is 5. The molecule has 0 radical (unpaired) electrons. The number of piperazine rings is 1. The van der Waals surface area contributed by atoms with Crippen molar-refractivity contribution in [2.75, 3.05) is 111 Å². The number of aromatic nitrogens is 1. The molecule has 4 aromatic rings. The fourth-order valence-corrected chi connectivity index (χ4v) is 12.1. The molecule has 1 aliphatic carbocycles. The Morgan fingerprint density at radius 1 is 0.714 bits per heavy atom. The number of anilines is 1. The monoisotopic (exact) mass is 1260 g/mol. The van der Waals surface area contributed by atoms with Crippen LogP contribution in [0.5, 0.6) is 17.2 Å². The van der Waals surface area contributed by atoms with E-state index in [-0.39, 0.29) is 47.7 Å². The number of amides is 4. The molecule has 8 rings (SSSR count). The lowest BCUT2D eigenvalue weighted by Gasteiger charge is -2.41. The molecule has 1 aromatic heterocycles. The average molecular weight is 1260 g/mol. The first-order valence-electron chi connectivity index (χ1n) is 32.8. The number of carbonyl (C=O) groups excluding carboxylic acids is 5. The number of fused-ring (bicyclic) bond motifs is 4. The lowest BCUT2D eigenvalue weighted by atomic mass is 9.83. The lowest BCUT2D eigenvalue weighted by molar-refractivity contribution is -0.147. The minimum atomic E-state index is -0.877. The summed E-state index contributed by atoms with van der Waals surface area (Å²) in [5.74, 6) is 1.37. The summed E-state index contributed by atoms with van der Waals surface area (Å²) < 4.78 is 40.4. The highest BCUT2D eigenvalue weighted by Gasteiger charge is 2.44. The number of aryl methyl sites for hydroxylation is 1. The van der Waals surface area contributed by atoms with E-state index in [0.29, 0.717) is 122 Å². The average Bonchev–Trinajstić information content (AvgIpc) is 1.79. The van der Waals surface area contributed by atoms with Gasteiger partial charge in [-0.3, -0.25) is 24.0 Å². The normalized spacial score (nSPS) is 18.4. The predicted molar refractivity (Wildman–Crippen MR) is 347 cm³/mol. The number of phenolic OH excluding ortho intramolecular Hbond substituents is 1. The molecule has 496 valence electrons. The van der Waals surface area contributed by atoms with Gasteiger partial charge in [-0.2, -0.15) is 0 Å². The van der Waals surface area contributed by atoms with E-state index in [0.717, 1.165) is 106 Å². The molecule has 4 amide bonds. The molecule has 0 saturated carbocycles. The van der Waals surface area contributed by atoms with Crippen LogP contribution in [0, 0.1) is 5.41 Å². The third-order valence-electron chi connectivity index (χ3n) is 17.3. The number of pyridine rings is 1. The lowest BCUT2D eigenvalue weighted by Crippen LogP contribution is -2.62. The van der Waals surface area contributed by atoms with Crippen molar-refractivity contribution in [1.29, 1.82) is 0 Å². The van der Waals surface area contributed by atoms with Crippen LogP contribution in [0.3, 0.4) is 0 Å². The number of benzene rings is 3. The van der Waals surface area contributed by atoms with Crippen molar-refractivity contribution in [2.45, 2.75) is 148 Å². The van der Waals surface area contributed by atoms with E-state index in [4.69, 9.17) is 33.2 Å². The molecule has 4 aliphatic rings. The van der Waals surface area contributed by atoms with Gasteiger partial charge in [-0.1, -0.05) is 88.9 Å². The number of ether oxygens (including phenoxy) is 7. The van der Waals surface area contributed by atoms with Gasteiger partial charge in [-0.25, -0.2) is 4.98 Å². The Labute approximate surface area is 537 Å². The molecule has 5 N–H and O–H groups in total. The van der Waals surface area contributed by atoms with Crippen LogP contribution in [0.2, 0.25) is 0 Å². The summed E-state index contributed by atoms with van der Waals surface area (Å²) in [5.41, 5.74) is 3.86. The molecule has 2 bridgehead atoms. The van der Waals surface area contributed by atoms with Crippen LogP contribution in [0.25, 0.3) is 0 Å². The molecule has 4 heterocycles. The van der Waals surface area contributed by atoms with Crippen molar-refractivity contribution < 1.29 is 62.2 Å². The number of aromatic hydroxyl groups is 1.